The average Bonchev–Trinajstić information content (AvgIpc) is 2.42. The summed E-state index contributed by atoms with van der Waals surface area (Å²) in [6.45, 7) is 10.4. The molecule has 0 radical (unpaired) electrons. The van der Waals surface area contributed by atoms with Gasteiger partial charge in [0, 0.05) is 0 Å². The highest BCUT2D eigenvalue weighted by Gasteiger charge is 2.34. The van der Waals surface area contributed by atoms with E-state index in [1.54, 1.807) is 0 Å². The summed E-state index contributed by atoms with van der Waals surface area (Å²) in [7, 11) is 0. The van der Waals surface area contributed by atoms with Crippen molar-refractivity contribution in [3.05, 3.63) is 28.8 Å². The Bertz CT molecular complexity index is 473. The van der Waals surface area contributed by atoms with Crippen molar-refractivity contribution < 1.29 is 14.6 Å². The summed E-state index contributed by atoms with van der Waals surface area (Å²) in [6.07, 6.45) is 1.81. The Kier molecular flexibility index (Phi) is 5.61. The lowest BCUT2D eigenvalue weighted by molar-refractivity contribution is -0.150. The van der Waals surface area contributed by atoms with E-state index in [1.165, 1.54) is 5.56 Å². The van der Waals surface area contributed by atoms with Crippen LogP contribution in [0.3, 0.4) is 0 Å². The fourth-order valence-electron chi connectivity index (χ4n) is 2.51. The third kappa shape index (κ3) is 3.33. The Morgan fingerprint density at radius 2 is 1.70 bits per heavy atom. The molecule has 1 aromatic carbocycles. The zero-order valence-corrected chi connectivity index (χ0v) is 13.2. The lowest BCUT2D eigenvalue weighted by Crippen LogP contribution is -2.31. The van der Waals surface area contributed by atoms with E-state index in [9.17, 15) is 9.90 Å². The molecule has 0 unspecified atom stereocenters. The van der Waals surface area contributed by atoms with E-state index in [2.05, 4.69) is 13.0 Å². The minimum atomic E-state index is -0.719. The van der Waals surface area contributed by atoms with Crippen molar-refractivity contribution in [1.29, 1.82) is 0 Å². The average molecular weight is 278 g/mol. The number of carbonyl (C=O) groups is 1. The van der Waals surface area contributed by atoms with Gasteiger partial charge in [-0.05, 0) is 56.7 Å². The number of rotatable bonds is 7. The number of ether oxygens (including phenoxy) is 1. The maximum atomic E-state index is 11.5. The Morgan fingerprint density at radius 1 is 1.15 bits per heavy atom. The second-order valence-electron chi connectivity index (χ2n) is 5.54. The number of aliphatic carboxylic acids is 1. The summed E-state index contributed by atoms with van der Waals surface area (Å²) in [5.74, 6) is 0.181. The molecule has 0 spiro atoms. The molecule has 0 saturated heterocycles. The van der Waals surface area contributed by atoms with E-state index >= 15 is 0 Å². The van der Waals surface area contributed by atoms with Crippen molar-refractivity contribution in [3.8, 4) is 5.75 Å². The smallest absolute Gasteiger partial charge is 0.309 e. The molecule has 0 amide bonds. The van der Waals surface area contributed by atoms with Crippen LogP contribution in [0, 0.1) is 26.2 Å². The number of carboxylic acids is 1. The van der Waals surface area contributed by atoms with Crippen LogP contribution in [0.2, 0.25) is 0 Å². The first-order chi connectivity index (χ1) is 9.38. The predicted molar refractivity (Wildman–Crippen MR) is 81.4 cm³/mol. The van der Waals surface area contributed by atoms with E-state index in [1.807, 2.05) is 33.8 Å². The summed E-state index contributed by atoms with van der Waals surface area (Å²) in [5, 5.41) is 9.42. The van der Waals surface area contributed by atoms with Crippen molar-refractivity contribution in [3.63, 3.8) is 0 Å². The fraction of sp³-hybridized carbons (Fsp3) is 0.588. The summed E-state index contributed by atoms with van der Waals surface area (Å²) in [6, 6.07) is 4.12. The van der Waals surface area contributed by atoms with Gasteiger partial charge in [-0.2, -0.15) is 0 Å². The monoisotopic (exact) mass is 278 g/mol. The van der Waals surface area contributed by atoms with Gasteiger partial charge in [0.25, 0.3) is 0 Å². The molecule has 0 saturated carbocycles. The highest BCUT2D eigenvalue weighted by Crippen LogP contribution is 2.32. The lowest BCUT2D eigenvalue weighted by atomic mass is 9.79. The summed E-state index contributed by atoms with van der Waals surface area (Å²) >= 11 is 0. The van der Waals surface area contributed by atoms with Crippen LogP contribution in [0.25, 0.3) is 0 Å². The van der Waals surface area contributed by atoms with Crippen LogP contribution in [-0.2, 0) is 4.79 Å². The van der Waals surface area contributed by atoms with Crippen molar-refractivity contribution >= 4 is 5.97 Å². The van der Waals surface area contributed by atoms with Gasteiger partial charge >= 0.3 is 5.97 Å². The van der Waals surface area contributed by atoms with Crippen molar-refractivity contribution in [2.75, 3.05) is 6.61 Å². The van der Waals surface area contributed by atoms with Crippen LogP contribution in [-0.4, -0.2) is 17.7 Å². The molecule has 0 bridgehead atoms. The van der Waals surface area contributed by atoms with Crippen LogP contribution in [0.5, 0.6) is 5.75 Å². The number of hydrogen-bond acceptors (Lipinski definition) is 2. The van der Waals surface area contributed by atoms with Gasteiger partial charge in [0.1, 0.15) is 5.75 Å². The van der Waals surface area contributed by atoms with Gasteiger partial charge in [0.15, 0.2) is 0 Å². The maximum Gasteiger partial charge on any atom is 0.309 e. The molecule has 0 aromatic heterocycles. The first-order valence-electron chi connectivity index (χ1n) is 7.31. The molecule has 1 rings (SSSR count). The van der Waals surface area contributed by atoms with E-state index < -0.39 is 11.4 Å². The number of hydrogen-bond donors (Lipinski definition) is 1. The number of carboxylic acid groups (broad SMARTS) is 1. The van der Waals surface area contributed by atoms with Crippen LogP contribution in [0.1, 0.15) is 49.8 Å². The molecule has 20 heavy (non-hydrogen) atoms. The maximum absolute atomic E-state index is 11.5. The molecular formula is C17H26O3. The highest BCUT2D eigenvalue weighted by atomic mass is 16.5. The zero-order valence-electron chi connectivity index (χ0n) is 13.2. The van der Waals surface area contributed by atoms with E-state index in [0.29, 0.717) is 25.9 Å². The minimum Gasteiger partial charge on any atom is -0.493 e. The van der Waals surface area contributed by atoms with Crippen LogP contribution in [0.15, 0.2) is 12.1 Å². The quantitative estimate of drug-likeness (QED) is 0.810. The molecule has 0 aliphatic carbocycles. The molecule has 0 aliphatic heterocycles. The zero-order chi connectivity index (χ0) is 15.3. The van der Waals surface area contributed by atoms with Crippen LogP contribution < -0.4 is 4.74 Å². The summed E-state index contributed by atoms with van der Waals surface area (Å²) in [5.41, 5.74) is 2.77. The minimum absolute atomic E-state index is 0.444. The van der Waals surface area contributed by atoms with Crippen molar-refractivity contribution in [2.45, 2.75) is 53.9 Å². The third-order valence-electron chi connectivity index (χ3n) is 4.51. The predicted octanol–water partition coefficient (Wildman–Crippen LogP) is 4.27. The van der Waals surface area contributed by atoms with Gasteiger partial charge in [0.05, 0.1) is 12.0 Å². The van der Waals surface area contributed by atoms with Gasteiger partial charge in [-0.1, -0.05) is 26.0 Å². The highest BCUT2D eigenvalue weighted by molar-refractivity contribution is 5.74. The SMILES string of the molecule is CCC(CC)(CCOc1c(C)ccc(C)c1C)C(=O)O. The number of aryl methyl sites for hydroxylation is 2. The molecule has 1 aromatic rings. The van der Waals surface area contributed by atoms with E-state index in [-0.39, 0.29) is 0 Å². The number of benzene rings is 1. The molecule has 1 N–H and O–H groups in total. The summed E-state index contributed by atoms with van der Waals surface area (Å²) in [4.78, 5) is 11.5. The molecule has 112 valence electrons. The van der Waals surface area contributed by atoms with Crippen molar-refractivity contribution in [1.82, 2.24) is 0 Å². The molecule has 0 aliphatic rings. The molecular weight excluding hydrogens is 252 g/mol. The van der Waals surface area contributed by atoms with Gasteiger partial charge in [-0.3, -0.25) is 4.79 Å². The van der Waals surface area contributed by atoms with Crippen LogP contribution in [0.4, 0.5) is 0 Å². The Labute approximate surface area is 122 Å². The summed E-state index contributed by atoms with van der Waals surface area (Å²) < 4.78 is 5.89. The molecule has 3 heteroatoms. The molecule has 0 heterocycles. The van der Waals surface area contributed by atoms with Crippen molar-refractivity contribution in [2.24, 2.45) is 5.41 Å². The Morgan fingerprint density at radius 3 is 2.20 bits per heavy atom. The molecule has 0 fully saturated rings. The first-order valence-corrected chi connectivity index (χ1v) is 7.31. The first kappa shape index (κ1) is 16.5. The second-order valence-corrected chi connectivity index (χ2v) is 5.54. The normalized spacial score (nSPS) is 11.4. The fourth-order valence-corrected chi connectivity index (χ4v) is 2.51. The molecule has 0 atom stereocenters. The van der Waals surface area contributed by atoms with E-state index in [0.717, 1.165) is 16.9 Å². The lowest BCUT2D eigenvalue weighted by Gasteiger charge is -2.27. The van der Waals surface area contributed by atoms with Crippen LogP contribution >= 0.6 is 0 Å². The second kappa shape index (κ2) is 6.78. The van der Waals surface area contributed by atoms with E-state index in [4.69, 9.17) is 4.74 Å². The Hall–Kier alpha value is -1.51. The van der Waals surface area contributed by atoms with Gasteiger partial charge < -0.3 is 9.84 Å². The topological polar surface area (TPSA) is 46.5 Å². The standard InChI is InChI=1S/C17H26O3/c1-6-17(7-2,16(18)19)10-11-20-15-13(4)9-8-12(3)14(15)5/h8-9H,6-7,10-11H2,1-5H3,(H,18,19). The van der Waals surface area contributed by atoms with Gasteiger partial charge in [0.2, 0.25) is 0 Å². The Balaban J connectivity index is 2.78. The third-order valence-corrected chi connectivity index (χ3v) is 4.51. The largest absolute Gasteiger partial charge is 0.493 e. The van der Waals surface area contributed by atoms with Gasteiger partial charge in [-0.15, -0.1) is 0 Å². The van der Waals surface area contributed by atoms with Gasteiger partial charge in [-0.25, -0.2) is 0 Å². The molecule has 3 nitrogen and oxygen atoms in total.